The Hall–Kier alpha value is -2.04. The van der Waals surface area contributed by atoms with Crippen LogP contribution in [0.1, 0.15) is 21.5 Å². The summed E-state index contributed by atoms with van der Waals surface area (Å²) in [5.41, 5.74) is 6.73. The van der Waals surface area contributed by atoms with Gasteiger partial charge in [0.2, 0.25) is 0 Å². The third kappa shape index (κ3) is 1.82. The number of hydrogen-bond acceptors (Lipinski definition) is 3. The molecule has 1 rings (SSSR count). The molecule has 1 aromatic carbocycles. The number of hydrogen-bond donors (Lipinski definition) is 3. The summed E-state index contributed by atoms with van der Waals surface area (Å²) >= 11 is 0. The number of aryl methyl sites for hydroxylation is 1. The van der Waals surface area contributed by atoms with Gasteiger partial charge in [-0.15, -0.1) is 0 Å². The van der Waals surface area contributed by atoms with E-state index in [1.54, 1.807) is 6.92 Å². The molecular weight excluding hydrogens is 184 g/mol. The zero-order valence-corrected chi connectivity index (χ0v) is 7.56. The molecule has 0 spiro atoms. The van der Waals surface area contributed by atoms with E-state index in [-0.39, 0.29) is 11.4 Å². The van der Waals surface area contributed by atoms with Gasteiger partial charge in [0, 0.05) is 5.56 Å². The van der Waals surface area contributed by atoms with E-state index in [0.717, 1.165) is 0 Å². The molecule has 14 heavy (non-hydrogen) atoms. The van der Waals surface area contributed by atoms with Crippen molar-refractivity contribution < 1.29 is 15.1 Å². The smallest absolute Gasteiger partial charge is 0.335 e. The molecule has 0 saturated heterocycles. The van der Waals surface area contributed by atoms with E-state index in [1.807, 2.05) is 0 Å². The second kappa shape index (κ2) is 3.78. The number of carbonyl (C=O) groups is 1. The van der Waals surface area contributed by atoms with E-state index >= 15 is 0 Å². The molecule has 0 aliphatic rings. The molecule has 0 aromatic heterocycles. The van der Waals surface area contributed by atoms with Gasteiger partial charge in [0.1, 0.15) is 0 Å². The molecule has 0 aliphatic heterocycles. The molecule has 0 aliphatic carbocycles. The van der Waals surface area contributed by atoms with Crippen molar-refractivity contribution in [3.05, 3.63) is 34.9 Å². The van der Waals surface area contributed by atoms with E-state index in [4.69, 9.17) is 16.0 Å². The Morgan fingerprint density at radius 3 is 2.57 bits per heavy atom. The Morgan fingerprint density at radius 2 is 2.14 bits per heavy atom. The quantitative estimate of drug-likeness (QED) is 0.280. The summed E-state index contributed by atoms with van der Waals surface area (Å²) in [6.45, 7) is 1.69. The maximum atomic E-state index is 10.6. The van der Waals surface area contributed by atoms with Gasteiger partial charge >= 0.3 is 5.97 Å². The van der Waals surface area contributed by atoms with E-state index in [0.29, 0.717) is 11.1 Å². The first-order valence-electron chi connectivity index (χ1n) is 3.88. The summed E-state index contributed by atoms with van der Waals surface area (Å²) in [5.74, 6) is -1.03. The molecular formula is C9H10N2O3. The predicted octanol–water partition coefficient (Wildman–Crippen LogP) is 0.788. The third-order valence-electron chi connectivity index (χ3n) is 1.86. The summed E-state index contributed by atoms with van der Waals surface area (Å²) in [6.07, 6.45) is 0. The molecule has 0 amide bonds. The van der Waals surface area contributed by atoms with Gasteiger partial charge in [0.25, 0.3) is 0 Å². The van der Waals surface area contributed by atoms with Gasteiger partial charge in [-0.3, -0.25) is 0 Å². The lowest BCUT2D eigenvalue weighted by atomic mass is 10.0. The molecule has 4 N–H and O–H groups in total. The lowest BCUT2D eigenvalue weighted by Crippen LogP contribution is -2.15. The van der Waals surface area contributed by atoms with Crippen LogP contribution in [0.25, 0.3) is 0 Å². The topological polar surface area (TPSA) is 95.9 Å². The Labute approximate surface area is 80.5 Å². The van der Waals surface area contributed by atoms with Crippen LogP contribution in [0.3, 0.4) is 0 Å². The fraction of sp³-hybridized carbons (Fsp3) is 0.111. The van der Waals surface area contributed by atoms with E-state index in [2.05, 4.69) is 5.16 Å². The second-order valence-electron chi connectivity index (χ2n) is 2.82. The minimum absolute atomic E-state index is 0.0283. The zero-order chi connectivity index (χ0) is 10.7. The molecule has 0 atom stereocenters. The van der Waals surface area contributed by atoms with Gasteiger partial charge in [-0.05, 0) is 24.6 Å². The minimum Gasteiger partial charge on any atom is -0.478 e. The average molecular weight is 194 g/mol. The molecule has 5 nitrogen and oxygen atoms in total. The van der Waals surface area contributed by atoms with Crippen LogP contribution in [0.5, 0.6) is 0 Å². The largest absolute Gasteiger partial charge is 0.478 e. The Bertz CT molecular complexity index is 399. The first-order chi connectivity index (χ1) is 6.56. The number of carboxylic acids is 1. The number of benzene rings is 1. The fourth-order valence-corrected chi connectivity index (χ4v) is 1.14. The lowest BCUT2D eigenvalue weighted by molar-refractivity contribution is 0.0697. The van der Waals surface area contributed by atoms with E-state index in [1.165, 1.54) is 18.2 Å². The van der Waals surface area contributed by atoms with Gasteiger partial charge in [0.15, 0.2) is 5.84 Å². The van der Waals surface area contributed by atoms with Crippen LogP contribution in [0.2, 0.25) is 0 Å². The van der Waals surface area contributed by atoms with Crippen LogP contribution in [0, 0.1) is 6.92 Å². The van der Waals surface area contributed by atoms with Crippen LogP contribution < -0.4 is 5.73 Å². The number of rotatable bonds is 2. The molecule has 0 bridgehead atoms. The fourth-order valence-electron chi connectivity index (χ4n) is 1.14. The number of nitrogens with two attached hydrogens (primary N) is 1. The van der Waals surface area contributed by atoms with Crippen LogP contribution in [-0.4, -0.2) is 22.1 Å². The minimum atomic E-state index is -1.00. The lowest BCUT2D eigenvalue weighted by Gasteiger charge is -2.04. The number of aromatic carboxylic acids is 1. The highest BCUT2D eigenvalue weighted by Crippen LogP contribution is 2.10. The van der Waals surface area contributed by atoms with E-state index < -0.39 is 5.97 Å². The van der Waals surface area contributed by atoms with Gasteiger partial charge in [-0.25, -0.2) is 4.79 Å². The predicted molar refractivity (Wildman–Crippen MR) is 50.6 cm³/mol. The first-order valence-corrected chi connectivity index (χ1v) is 3.88. The summed E-state index contributed by atoms with van der Waals surface area (Å²) < 4.78 is 0. The Balaban J connectivity index is 3.20. The van der Waals surface area contributed by atoms with Crippen molar-refractivity contribution in [3.8, 4) is 0 Å². The van der Waals surface area contributed by atoms with Gasteiger partial charge < -0.3 is 16.0 Å². The van der Waals surface area contributed by atoms with Gasteiger partial charge in [-0.1, -0.05) is 11.2 Å². The Kier molecular flexibility index (Phi) is 2.71. The second-order valence-corrected chi connectivity index (χ2v) is 2.82. The number of carboxylic acid groups (broad SMARTS) is 1. The number of nitrogens with zero attached hydrogens (tertiary/aromatic N) is 1. The monoisotopic (exact) mass is 194 g/mol. The molecule has 5 heteroatoms. The summed E-state index contributed by atoms with van der Waals surface area (Å²) in [5, 5.41) is 20.0. The van der Waals surface area contributed by atoms with Gasteiger partial charge in [-0.2, -0.15) is 0 Å². The molecule has 0 saturated carbocycles. The maximum absolute atomic E-state index is 10.6. The number of amidine groups is 1. The van der Waals surface area contributed by atoms with Crippen molar-refractivity contribution in [2.24, 2.45) is 10.9 Å². The van der Waals surface area contributed by atoms with Crippen LogP contribution in [0.15, 0.2) is 23.4 Å². The first kappa shape index (κ1) is 10.0. The molecule has 1 aromatic rings. The maximum Gasteiger partial charge on any atom is 0.335 e. The normalized spacial score (nSPS) is 11.4. The van der Waals surface area contributed by atoms with Crippen molar-refractivity contribution in [2.45, 2.75) is 6.92 Å². The molecule has 0 fully saturated rings. The number of oxime groups is 1. The van der Waals surface area contributed by atoms with Gasteiger partial charge in [0.05, 0.1) is 5.56 Å². The van der Waals surface area contributed by atoms with Crippen molar-refractivity contribution >= 4 is 11.8 Å². The van der Waals surface area contributed by atoms with Crippen molar-refractivity contribution in [2.75, 3.05) is 0 Å². The SMILES string of the molecule is Cc1cc(C(=O)O)ccc1/C(N)=N/O. The molecule has 0 heterocycles. The summed E-state index contributed by atoms with van der Waals surface area (Å²) in [7, 11) is 0. The van der Waals surface area contributed by atoms with Crippen molar-refractivity contribution in [3.63, 3.8) is 0 Å². The van der Waals surface area contributed by atoms with Crippen LogP contribution in [-0.2, 0) is 0 Å². The van der Waals surface area contributed by atoms with Crippen molar-refractivity contribution in [1.82, 2.24) is 0 Å². The van der Waals surface area contributed by atoms with Crippen molar-refractivity contribution in [1.29, 1.82) is 0 Å². The molecule has 0 unspecified atom stereocenters. The Morgan fingerprint density at radius 1 is 1.50 bits per heavy atom. The summed E-state index contributed by atoms with van der Waals surface area (Å²) in [4.78, 5) is 10.6. The van der Waals surface area contributed by atoms with E-state index in [9.17, 15) is 4.79 Å². The molecule has 74 valence electrons. The highest BCUT2D eigenvalue weighted by atomic mass is 16.4. The van der Waals surface area contributed by atoms with Crippen LogP contribution in [0.4, 0.5) is 0 Å². The summed E-state index contributed by atoms with van der Waals surface area (Å²) in [6, 6.07) is 4.38. The standard InChI is InChI=1S/C9H10N2O3/c1-5-4-6(9(12)13)2-3-7(5)8(10)11-14/h2-4,14H,1H3,(H2,10,11)(H,12,13). The highest BCUT2D eigenvalue weighted by Gasteiger charge is 2.07. The third-order valence-corrected chi connectivity index (χ3v) is 1.86. The highest BCUT2D eigenvalue weighted by molar-refractivity contribution is 5.99. The zero-order valence-electron chi connectivity index (χ0n) is 7.56. The van der Waals surface area contributed by atoms with Crippen LogP contribution >= 0.6 is 0 Å². The average Bonchev–Trinajstić information content (AvgIpc) is 2.16. The molecule has 0 radical (unpaired) electrons.